The van der Waals surface area contributed by atoms with Gasteiger partial charge in [0.1, 0.15) is 13.2 Å². The van der Waals surface area contributed by atoms with Gasteiger partial charge in [0.2, 0.25) is 0 Å². The number of carbonyl (C=O) groups excluding carboxylic acids is 3. The van der Waals surface area contributed by atoms with Crippen LogP contribution in [0, 0.1) is 0 Å². The Morgan fingerprint density at radius 1 is 0.286 bits per heavy atom. The van der Waals surface area contributed by atoms with E-state index < -0.39 is 6.10 Å². The second kappa shape index (κ2) is 59.5. The van der Waals surface area contributed by atoms with Crippen molar-refractivity contribution in [3.63, 3.8) is 0 Å². The molecule has 412 valence electrons. The van der Waals surface area contributed by atoms with Gasteiger partial charge in [-0.05, 0) is 51.4 Å². The fourth-order valence-corrected chi connectivity index (χ4v) is 9.48. The summed E-state index contributed by atoms with van der Waals surface area (Å²) in [6, 6.07) is 0. The molecule has 0 rings (SSSR count). The van der Waals surface area contributed by atoms with E-state index in [-0.39, 0.29) is 31.1 Å². The standard InChI is InChI=1S/C64H120O6/c1-4-7-10-13-16-19-22-25-28-30-31-32-33-34-37-39-42-45-48-51-54-57-63(66)69-60-61(59-68-62(65)56-53-50-47-44-41-38-35-27-24-21-18-15-12-9-6-3)70-64(67)58-55-52-49-46-43-40-36-29-26-23-20-17-14-11-8-5-2/h18,21,27,35,61H,4-17,19-20,22-26,28-34,36-60H2,1-3H3/b21-18-,35-27-. The maximum absolute atomic E-state index is 12.9. The highest BCUT2D eigenvalue weighted by Crippen LogP contribution is 2.18. The average Bonchev–Trinajstić information content (AvgIpc) is 3.36. The van der Waals surface area contributed by atoms with Gasteiger partial charge in [-0.1, -0.05) is 302 Å². The predicted molar refractivity (Wildman–Crippen MR) is 303 cm³/mol. The van der Waals surface area contributed by atoms with E-state index in [1.54, 1.807) is 0 Å². The lowest BCUT2D eigenvalue weighted by Crippen LogP contribution is -2.30. The molecule has 0 aliphatic heterocycles. The molecule has 70 heavy (non-hydrogen) atoms. The molecule has 0 saturated carbocycles. The molecule has 0 aromatic rings. The maximum atomic E-state index is 12.9. The fraction of sp³-hybridized carbons (Fsp3) is 0.891. The summed E-state index contributed by atoms with van der Waals surface area (Å²) in [6.07, 6.45) is 70.3. The van der Waals surface area contributed by atoms with E-state index in [4.69, 9.17) is 14.2 Å². The van der Waals surface area contributed by atoms with Crippen LogP contribution < -0.4 is 0 Å². The van der Waals surface area contributed by atoms with Gasteiger partial charge < -0.3 is 14.2 Å². The van der Waals surface area contributed by atoms with Crippen molar-refractivity contribution in [3.05, 3.63) is 24.3 Å². The molecule has 0 aromatic carbocycles. The van der Waals surface area contributed by atoms with Gasteiger partial charge in [0.25, 0.3) is 0 Å². The van der Waals surface area contributed by atoms with Crippen LogP contribution in [0.2, 0.25) is 0 Å². The van der Waals surface area contributed by atoms with Gasteiger partial charge in [-0.15, -0.1) is 0 Å². The average molecular weight is 986 g/mol. The third-order valence-electron chi connectivity index (χ3n) is 14.2. The van der Waals surface area contributed by atoms with Gasteiger partial charge in [0, 0.05) is 19.3 Å². The minimum Gasteiger partial charge on any atom is -0.462 e. The normalized spacial score (nSPS) is 12.1. The number of esters is 3. The summed E-state index contributed by atoms with van der Waals surface area (Å²) in [6.45, 7) is 6.67. The fourth-order valence-electron chi connectivity index (χ4n) is 9.48. The molecule has 0 aromatic heterocycles. The molecule has 0 spiro atoms. The van der Waals surface area contributed by atoms with Crippen molar-refractivity contribution >= 4 is 17.9 Å². The number of hydrogen-bond donors (Lipinski definition) is 0. The second-order valence-corrected chi connectivity index (χ2v) is 21.3. The molecule has 0 aliphatic rings. The zero-order chi connectivity index (χ0) is 50.7. The smallest absolute Gasteiger partial charge is 0.306 e. The van der Waals surface area contributed by atoms with Gasteiger partial charge in [0.15, 0.2) is 6.10 Å². The van der Waals surface area contributed by atoms with E-state index in [0.717, 1.165) is 77.0 Å². The third-order valence-corrected chi connectivity index (χ3v) is 14.2. The highest BCUT2D eigenvalue weighted by molar-refractivity contribution is 5.71. The Morgan fingerprint density at radius 3 is 0.814 bits per heavy atom. The molecule has 0 radical (unpaired) electrons. The summed E-state index contributed by atoms with van der Waals surface area (Å²) < 4.78 is 16.9. The molecule has 1 atom stereocenters. The largest absolute Gasteiger partial charge is 0.462 e. The molecule has 0 N–H and O–H groups in total. The quantitative estimate of drug-likeness (QED) is 0.0261. The zero-order valence-electron chi connectivity index (χ0n) is 47.3. The van der Waals surface area contributed by atoms with Crippen molar-refractivity contribution in [1.29, 1.82) is 0 Å². The Bertz CT molecular complexity index is 1130. The molecule has 0 heterocycles. The minimum atomic E-state index is -0.772. The summed E-state index contributed by atoms with van der Waals surface area (Å²) in [4.78, 5) is 38.3. The van der Waals surface area contributed by atoms with Gasteiger partial charge in [-0.25, -0.2) is 0 Å². The van der Waals surface area contributed by atoms with Crippen LogP contribution in [0.15, 0.2) is 24.3 Å². The van der Waals surface area contributed by atoms with Crippen molar-refractivity contribution in [1.82, 2.24) is 0 Å². The summed E-state index contributed by atoms with van der Waals surface area (Å²) >= 11 is 0. The predicted octanol–water partition coefficient (Wildman–Crippen LogP) is 21.1. The molecule has 0 amide bonds. The first-order chi connectivity index (χ1) is 34.5. The first-order valence-corrected chi connectivity index (χ1v) is 31.3. The summed E-state index contributed by atoms with van der Waals surface area (Å²) in [5.41, 5.74) is 0. The van der Waals surface area contributed by atoms with E-state index >= 15 is 0 Å². The minimum absolute atomic E-state index is 0.0697. The molecular weight excluding hydrogens is 865 g/mol. The van der Waals surface area contributed by atoms with Gasteiger partial charge in [0.05, 0.1) is 0 Å². The lowest BCUT2D eigenvalue weighted by Gasteiger charge is -2.18. The molecule has 0 bridgehead atoms. The van der Waals surface area contributed by atoms with Crippen molar-refractivity contribution < 1.29 is 28.6 Å². The Balaban J connectivity index is 4.29. The Morgan fingerprint density at radius 2 is 0.514 bits per heavy atom. The monoisotopic (exact) mass is 985 g/mol. The lowest BCUT2D eigenvalue weighted by atomic mass is 10.0. The van der Waals surface area contributed by atoms with E-state index in [0.29, 0.717) is 19.3 Å². The van der Waals surface area contributed by atoms with Crippen molar-refractivity contribution in [2.24, 2.45) is 0 Å². The lowest BCUT2D eigenvalue weighted by molar-refractivity contribution is -0.167. The van der Waals surface area contributed by atoms with Gasteiger partial charge >= 0.3 is 17.9 Å². The molecule has 0 saturated heterocycles. The highest BCUT2D eigenvalue weighted by Gasteiger charge is 2.19. The Kier molecular flexibility index (Phi) is 57.7. The van der Waals surface area contributed by atoms with Crippen LogP contribution in [0.5, 0.6) is 0 Å². The molecular formula is C64H120O6. The molecule has 0 aliphatic carbocycles. The van der Waals surface area contributed by atoms with Crippen LogP contribution in [0.3, 0.4) is 0 Å². The number of carbonyl (C=O) groups is 3. The van der Waals surface area contributed by atoms with Crippen LogP contribution in [0.4, 0.5) is 0 Å². The van der Waals surface area contributed by atoms with Crippen molar-refractivity contribution in [2.45, 2.75) is 354 Å². The molecule has 1 unspecified atom stereocenters. The number of unbranched alkanes of at least 4 members (excludes halogenated alkanes) is 43. The van der Waals surface area contributed by atoms with E-state index in [1.165, 1.54) is 231 Å². The van der Waals surface area contributed by atoms with E-state index in [9.17, 15) is 14.4 Å². The number of hydrogen-bond acceptors (Lipinski definition) is 6. The van der Waals surface area contributed by atoms with Crippen LogP contribution in [0.25, 0.3) is 0 Å². The van der Waals surface area contributed by atoms with Gasteiger partial charge in [-0.3, -0.25) is 14.4 Å². The second-order valence-electron chi connectivity index (χ2n) is 21.3. The van der Waals surface area contributed by atoms with Crippen LogP contribution in [0.1, 0.15) is 348 Å². The SMILES string of the molecule is CCCCC/C=C\C/C=C\CCCCCCCC(=O)OCC(COC(=O)CCCCCCCCCCCCCCCCCCCCCCC)OC(=O)CCCCCCCCCCCCCCCCCC. The topological polar surface area (TPSA) is 78.9 Å². The Labute approximate surface area is 436 Å². The van der Waals surface area contributed by atoms with Crippen molar-refractivity contribution in [3.8, 4) is 0 Å². The summed E-state index contributed by atoms with van der Waals surface area (Å²) in [5.74, 6) is -0.857. The molecule has 6 nitrogen and oxygen atoms in total. The van der Waals surface area contributed by atoms with E-state index in [2.05, 4.69) is 45.1 Å². The van der Waals surface area contributed by atoms with Crippen LogP contribution in [-0.4, -0.2) is 37.2 Å². The molecule has 6 heteroatoms. The van der Waals surface area contributed by atoms with Crippen LogP contribution >= 0.6 is 0 Å². The highest BCUT2D eigenvalue weighted by atomic mass is 16.6. The maximum Gasteiger partial charge on any atom is 0.306 e. The number of allylic oxidation sites excluding steroid dienone is 4. The summed E-state index contributed by atoms with van der Waals surface area (Å²) in [5, 5.41) is 0. The van der Waals surface area contributed by atoms with Gasteiger partial charge in [-0.2, -0.15) is 0 Å². The number of rotatable bonds is 58. The molecule has 0 fully saturated rings. The van der Waals surface area contributed by atoms with E-state index in [1.807, 2.05) is 0 Å². The Hall–Kier alpha value is -2.11. The third kappa shape index (κ3) is 56.8. The van der Waals surface area contributed by atoms with Crippen LogP contribution in [-0.2, 0) is 28.6 Å². The van der Waals surface area contributed by atoms with Crippen molar-refractivity contribution in [2.75, 3.05) is 13.2 Å². The zero-order valence-corrected chi connectivity index (χ0v) is 47.3. The summed E-state index contributed by atoms with van der Waals surface area (Å²) in [7, 11) is 0. The number of ether oxygens (including phenoxy) is 3. The first-order valence-electron chi connectivity index (χ1n) is 31.3. The first kappa shape index (κ1) is 67.9.